The second-order valence-corrected chi connectivity index (χ2v) is 4.66. The number of benzene rings is 1. The smallest absolute Gasteiger partial charge is 0.354 e. The maximum atomic E-state index is 11.2. The molecule has 1 heterocycles. The van der Waals surface area contributed by atoms with Crippen molar-refractivity contribution in [3.8, 4) is 5.69 Å². The van der Waals surface area contributed by atoms with Crippen LogP contribution in [0.25, 0.3) is 5.69 Å². The number of nitrogens with zero attached hydrogens (tertiary/aromatic N) is 2. The summed E-state index contributed by atoms with van der Waals surface area (Å²) in [5, 5.41) is 13.6. The van der Waals surface area contributed by atoms with Crippen LogP contribution in [0.4, 0.5) is 0 Å². The zero-order valence-corrected chi connectivity index (χ0v) is 10.7. The fourth-order valence-electron chi connectivity index (χ4n) is 1.72. The second kappa shape index (κ2) is 4.64. The van der Waals surface area contributed by atoms with Crippen LogP contribution in [0.2, 0.25) is 0 Å². The van der Waals surface area contributed by atoms with Crippen LogP contribution in [0, 0.1) is 6.92 Å². The summed E-state index contributed by atoms with van der Waals surface area (Å²) in [4.78, 5) is 11.2. The average molecular weight is 244 g/mol. The normalized spacial score (nSPS) is 10.9. The van der Waals surface area contributed by atoms with E-state index in [1.54, 1.807) is 6.07 Å². The van der Waals surface area contributed by atoms with E-state index in [4.69, 9.17) is 0 Å². The molecule has 0 atom stereocenters. The molecular weight excluding hydrogens is 228 g/mol. The van der Waals surface area contributed by atoms with Crippen molar-refractivity contribution in [1.82, 2.24) is 9.78 Å². The first-order chi connectivity index (χ1) is 8.49. The molecule has 4 nitrogen and oxygen atoms in total. The van der Waals surface area contributed by atoms with E-state index in [9.17, 15) is 9.90 Å². The summed E-state index contributed by atoms with van der Waals surface area (Å²) in [5.41, 5.74) is 2.88. The van der Waals surface area contributed by atoms with E-state index < -0.39 is 5.97 Å². The molecule has 0 unspecified atom stereocenters. The van der Waals surface area contributed by atoms with Crippen LogP contribution in [-0.2, 0) is 0 Å². The first kappa shape index (κ1) is 12.4. The molecule has 0 spiro atoms. The predicted molar refractivity (Wildman–Crippen MR) is 69.3 cm³/mol. The number of rotatable bonds is 3. The van der Waals surface area contributed by atoms with Gasteiger partial charge in [-0.15, -0.1) is 0 Å². The van der Waals surface area contributed by atoms with Gasteiger partial charge < -0.3 is 5.11 Å². The second-order valence-electron chi connectivity index (χ2n) is 4.66. The van der Waals surface area contributed by atoms with Crippen LogP contribution in [0.15, 0.2) is 30.3 Å². The highest BCUT2D eigenvalue weighted by molar-refractivity contribution is 5.86. The Bertz CT molecular complexity index is 568. The quantitative estimate of drug-likeness (QED) is 0.903. The topological polar surface area (TPSA) is 55.1 Å². The molecule has 18 heavy (non-hydrogen) atoms. The van der Waals surface area contributed by atoms with Crippen molar-refractivity contribution < 1.29 is 9.90 Å². The highest BCUT2D eigenvalue weighted by Crippen LogP contribution is 2.18. The molecule has 0 radical (unpaired) electrons. The maximum absolute atomic E-state index is 11.2. The molecule has 0 fully saturated rings. The van der Waals surface area contributed by atoms with E-state index in [1.807, 2.05) is 45.0 Å². The largest absolute Gasteiger partial charge is 0.477 e. The van der Waals surface area contributed by atoms with Gasteiger partial charge in [0, 0.05) is 0 Å². The van der Waals surface area contributed by atoms with Gasteiger partial charge in [-0.1, -0.05) is 31.5 Å². The van der Waals surface area contributed by atoms with Gasteiger partial charge in [0.05, 0.1) is 11.4 Å². The zero-order valence-electron chi connectivity index (χ0n) is 10.7. The van der Waals surface area contributed by atoms with Crippen LogP contribution in [0.3, 0.4) is 0 Å². The van der Waals surface area contributed by atoms with Crippen molar-refractivity contribution in [3.63, 3.8) is 0 Å². The number of aromatic nitrogens is 2. The first-order valence-corrected chi connectivity index (χ1v) is 5.89. The molecule has 0 saturated carbocycles. The van der Waals surface area contributed by atoms with Gasteiger partial charge in [0.2, 0.25) is 0 Å². The third-order valence-corrected chi connectivity index (χ3v) is 2.82. The number of carboxylic acids is 1. The fraction of sp³-hybridized carbons (Fsp3) is 0.286. The molecule has 0 saturated heterocycles. The summed E-state index contributed by atoms with van der Waals surface area (Å²) in [7, 11) is 0. The molecule has 0 amide bonds. The average Bonchev–Trinajstić information content (AvgIpc) is 2.75. The Balaban J connectivity index is 2.55. The standard InChI is InChI=1S/C14H16N2O2/c1-9(2)12-8-13(14(17)18)16(15-12)11-6-4-10(3)5-7-11/h4-9H,1-3H3,(H,17,18). The van der Waals surface area contributed by atoms with Gasteiger partial charge in [-0.2, -0.15) is 5.10 Å². The molecule has 0 aliphatic rings. The van der Waals surface area contributed by atoms with Gasteiger partial charge in [-0.3, -0.25) is 0 Å². The molecule has 2 aromatic rings. The lowest BCUT2D eigenvalue weighted by Crippen LogP contribution is -2.07. The van der Waals surface area contributed by atoms with Crippen molar-refractivity contribution in [2.24, 2.45) is 0 Å². The van der Waals surface area contributed by atoms with E-state index in [0.29, 0.717) is 0 Å². The number of carboxylic acid groups (broad SMARTS) is 1. The van der Waals surface area contributed by atoms with Gasteiger partial charge in [0.1, 0.15) is 0 Å². The van der Waals surface area contributed by atoms with Crippen LogP contribution in [0.5, 0.6) is 0 Å². The third kappa shape index (κ3) is 2.27. The SMILES string of the molecule is Cc1ccc(-n2nc(C(C)C)cc2C(=O)O)cc1. The van der Waals surface area contributed by atoms with E-state index in [1.165, 1.54) is 4.68 Å². The Morgan fingerprint density at radius 2 is 1.89 bits per heavy atom. The van der Waals surface area contributed by atoms with Crippen LogP contribution in [-0.4, -0.2) is 20.9 Å². The van der Waals surface area contributed by atoms with Crippen LogP contribution >= 0.6 is 0 Å². The molecule has 0 bridgehead atoms. The number of hydrogen-bond donors (Lipinski definition) is 1. The van der Waals surface area contributed by atoms with E-state index in [2.05, 4.69) is 5.10 Å². The third-order valence-electron chi connectivity index (χ3n) is 2.82. The summed E-state index contributed by atoms with van der Waals surface area (Å²) in [6, 6.07) is 9.26. The zero-order chi connectivity index (χ0) is 13.3. The summed E-state index contributed by atoms with van der Waals surface area (Å²) >= 11 is 0. The summed E-state index contributed by atoms with van der Waals surface area (Å²) in [6.45, 7) is 5.98. The highest BCUT2D eigenvalue weighted by Gasteiger charge is 2.16. The van der Waals surface area contributed by atoms with Gasteiger partial charge in [-0.05, 0) is 31.0 Å². The molecule has 1 aromatic heterocycles. The van der Waals surface area contributed by atoms with E-state index in [-0.39, 0.29) is 11.6 Å². The van der Waals surface area contributed by atoms with Gasteiger partial charge in [0.25, 0.3) is 0 Å². The fourth-order valence-corrected chi connectivity index (χ4v) is 1.72. The number of aromatic carboxylic acids is 1. The summed E-state index contributed by atoms with van der Waals surface area (Å²) < 4.78 is 1.48. The minimum atomic E-state index is -0.963. The maximum Gasteiger partial charge on any atom is 0.354 e. The Morgan fingerprint density at radius 1 is 1.28 bits per heavy atom. The van der Waals surface area contributed by atoms with Crippen LogP contribution in [0.1, 0.15) is 41.5 Å². The molecule has 4 heteroatoms. The molecule has 94 valence electrons. The Morgan fingerprint density at radius 3 is 2.39 bits per heavy atom. The van der Waals surface area contributed by atoms with Crippen molar-refractivity contribution in [3.05, 3.63) is 47.3 Å². The molecule has 0 aliphatic heterocycles. The minimum Gasteiger partial charge on any atom is -0.477 e. The summed E-state index contributed by atoms with van der Waals surface area (Å²) in [6.07, 6.45) is 0. The van der Waals surface area contributed by atoms with E-state index >= 15 is 0 Å². The molecule has 1 aromatic carbocycles. The monoisotopic (exact) mass is 244 g/mol. The first-order valence-electron chi connectivity index (χ1n) is 5.89. The van der Waals surface area contributed by atoms with Gasteiger partial charge in [0.15, 0.2) is 5.69 Å². The lowest BCUT2D eigenvalue weighted by Gasteiger charge is -2.04. The molecule has 1 N–H and O–H groups in total. The van der Waals surface area contributed by atoms with Gasteiger partial charge >= 0.3 is 5.97 Å². The van der Waals surface area contributed by atoms with Crippen molar-refractivity contribution in [2.45, 2.75) is 26.7 Å². The minimum absolute atomic E-state index is 0.197. The Labute approximate surface area is 106 Å². The Hall–Kier alpha value is -2.10. The van der Waals surface area contributed by atoms with Crippen LogP contribution < -0.4 is 0 Å². The lowest BCUT2D eigenvalue weighted by atomic mass is 10.1. The van der Waals surface area contributed by atoms with Crippen molar-refractivity contribution >= 4 is 5.97 Å². The Kier molecular flexibility index (Phi) is 3.19. The number of aryl methyl sites for hydroxylation is 1. The van der Waals surface area contributed by atoms with Gasteiger partial charge in [-0.25, -0.2) is 9.48 Å². The molecule has 0 aliphatic carbocycles. The summed E-state index contributed by atoms with van der Waals surface area (Å²) in [5.74, 6) is -0.759. The lowest BCUT2D eigenvalue weighted by molar-refractivity contribution is 0.0687. The molecule has 2 rings (SSSR count). The van der Waals surface area contributed by atoms with Crippen molar-refractivity contribution in [1.29, 1.82) is 0 Å². The highest BCUT2D eigenvalue weighted by atomic mass is 16.4. The number of carbonyl (C=O) groups is 1. The molecular formula is C14H16N2O2. The number of hydrogen-bond acceptors (Lipinski definition) is 2. The van der Waals surface area contributed by atoms with E-state index in [0.717, 1.165) is 16.9 Å². The predicted octanol–water partition coefficient (Wildman–Crippen LogP) is 3.00. The van der Waals surface area contributed by atoms with Crippen molar-refractivity contribution in [2.75, 3.05) is 0 Å².